The summed E-state index contributed by atoms with van der Waals surface area (Å²) in [7, 11) is 0. The smallest absolute Gasteiger partial charge is 0.408 e. The molecule has 0 spiro atoms. The third-order valence-corrected chi connectivity index (χ3v) is 15.3. The van der Waals surface area contributed by atoms with Crippen molar-refractivity contribution in [3.8, 4) is 10.4 Å². The van der Waals surface area contributed by atoms with Gasteiger partial charge in [-0.15, -0.1) is 11.3 Å². The van der Waals surface area contributed by atoms with Crippen LogP contribution in [0, 0.1) is 38.5 Å². The number of nitrogen functional groups attached to an aromatic ring is 1. The number of aromatic nitrogens is 1. The van der Waals surface area contributed by atoms with Crippen molar-refractivity contribution >= 4 is 28.9 Å². The second-order valence-electron chi connectivity index (χ2n) is 21.9. The van der Waals surface area contributed by atoms with Gasteiger partial charge < -0.3 is 15.8 Å². The second kappa shape index (κ2) is 35.8. The molecule has 1 amide bonds. The van der Waals surface area contributed by atoms with Crippen LogP contribution in [-0.2, 0) is 4.74 Å². The van der Waals surface area contributed by atoms with E-state index in [2.05, 4.69) is 136 Å². The van der Waals surface area contributed by atoms with Gasteiger partial charge in [0.25, 0.3) is 0 Å². The Labute approximate surface area is 446 Å². The molecule has 7 heteroatoms. The number of Topliss-reactive ketones (excluding diaryl/α,β-unsaturated/α-hetero) is 1. The van der Waals surface area contributed by atoms with E-state index in [0.717, 1.165) is 71.9 Å². The Bertz CT molecular complexity index is 2110. The van der Waals surface area contributed by atoms with Gasteiger partial charge in [-0.25, -0.2) is 9.78 Å². The molecule has 0 radical (unpaired) electrons. The summed E-state index contributed by atoms with van der Waals surface area (Å²) in [5.41, 5.74) is 18.8. The van der Waals surface area contributed by atoms with Crippen molar-refractivity contribution in [2.24, 2.45) is 17.8 Å². The molecule has 1 fully saturated rings. The molecule has 72 heavy (non-hydrogen) atoms. The van der Waals surface area contributed by atoms with E-state index in [1.165, 1.54) is 92.2 Å². The number of alkyl carbamates (subject to hydrolysis) is 1. The van der Waals surface area contributed by atoms with Crippen LogP contribution in [0.3, 0.4) is 0 Å². The predicted molar refractivity (Wildman–Crippen MR) is 317 cm³/mol. The maximum absolute atomic E-state index is 12.4. The number of hydrogen-bond acceptors (Lipinski definition) is 6. The fourth-order valence-electron chi connectivity index (χ4n) is 8.53. The number of nitrogens with two attached hydrogens (primary N) is 1. The fourth-order valence-corrected chi connectivity index (χ4v) is 9.34. The second-order valence-corrected chi connectivity index (χ2v) is 22.7. The number of benzene rings is 3. The lowest BCUT2D eigenvalue weighted by Crippen LogP contribution is -2.35. The zero-order valence-corrected chi connectivity index (χ0v) is 49.8. The molecule has 1 aliphatic carbocycles. The Morgan fingerprint density at radius 3 is 1.85 bits per heavy atom. The summed E-state index contributed by atoms with van der Waals surface area (Å²) < 4.78 is 5.41. The molecule has 4 aromatic rings. The van der Waals surface area contributed by atoms with E-state index in [-0.39, 0.29) is 23.8 Å². The minimum absolute atomic E-state index is 0.0357. The van der Waals surface area contributed by atoms with Crippen LogP contribution in [0.4, 0.5) is 10.5 Å². The number of allylic oxidation sites excluding steroid dienone is 1. The number of carbonyl (C=O) groups is 2. The van der Waals surface area contributed by atoms with Crippen molar-refractivity contribution in [3.05, 3.63) is 117 Å². The van der Waals surface area contributed by atoms with E-state index in [9.17, 15) is 9.59 Å². The van der Waals surface area contributed by atoms with Crippen LogP contribution in [0.25, 0.3) is 10.4 Å². The number of nitrogens with one attached hydrogen (secondary N) is 1. The first kappa shape index (κ1) is 65.8. The number of hydrogen-bond donors (Lipinski definition) is 2. The molecule has 5 atom stereocenters. The van der Waals surface area contributed by atoms with E-state index in [0.29, 0.717) is 17.5 Å². The van der Waals surface area contributed by atoms with Gasteiger partial charge in [-0.1, -0.05) is 200 Å². The number of unbranched alkanes of at least 4 members (excludes halogenated alkanes) is 3. The molecular weight excluding hydrogens is 903 g/mol. The molecule has 6 nitrogen and oxygen atoms in total. The summed E-state index contributed by atoms with van der Waals surface area (Å²) in [6.07, 6.45) is 19.8. The predicted octanol–water partition coefficient (Wildman–Crippen LogP) is 20.5. The molecule has 0 bridgehead atoms. The van der Waals surface area contributed by atoms with Crippen molar-refractivity contribution < 1.29 is 14.3 Å². The molecule has 3 aromatic carbocycles. The Hall–Kier alpha value is -4.23. The van der Waals surface area contributed by atoms with Crippen molar-refractivity contribution in [2.45, 2.75) is 244 Å². The van der Waals surface area contributed by atoms with Gasteiger partial charge in [0.1, 0.15) is 5.60 Å². The van der Waals surface area contributed by atoms with E-state index < -0.39 is 5.60 Å². The van der Waals surface area contributed by atoms with Crippen LogP contribution < -0.4 is 11.1 Å². The highest BCUT2D eigenvalue weighted by Gasteiger charge is 2.23. The maximum atomic E-state index is 12.4. The topological polar surface area (TPSA) is 94.3 Å². The Kier molecular flexibility index (Phi) is 32.7. The van der Waals surface area contributed by atoms with Crippen LogP contribution in [0.1, 0.15) is 261 Å². The molecule has 1 aliphatic rings. The third kappa shape index (κ3) is 25.1. The van der Waals surface area contributed by atoms with Crippen molar-refractivity contribution in [1.29, 1.82) is 0 Å². The monoisotopic (exact) mass is 1010 g/mol. The molecule has 1 aromatic heterocycles. The van der Waals surface area contributed by atoms with E-state index in [1.807, 2.05) is 65.3 Å². The maximum Gasteiger partial charge on any atom is 0.408 e. The standard InChI is InChI=1S/C20H28N2O2S.C17H28.C15H23NO.C7H14.C6H12/c1-6-7-8-17(22-19(23)24-20(3,4)5)15-9-11-16(12-10-15)18-14(2)21-13-25-18;1-5-7-8-10-16(9-6-2)17-12-11-14(3)15(4)13-17;1-5-10(3)12-8-7-9-13(16)14(12)15(17)11(4)6-2;1-5-7(4)6(2)3;1-6-4-2-3-5-6/h9-13,17H,6-8H2,1-5H3,(H,22,23);11-13,16H,5-10H2,1-4H3;7-11H,5-6,16H2,1-4H3;7H,2,5H2,1,3-4H3;6H,2-5H2,1H3. The average molecular weight is 1010 g/mol. The molecule has 0 aliphatic heterocycles. The number of amides is 1. The Morgan fingerprint density at radius 1 is 0.778 bits per heavy atom. The van der Waals surface area contributed by atoms with Gasteiger partial charge in [0.2, 0.25) is 0 Å². The van der Waals surface area contributed by atoms with Crippen LogP contribution in [0.15, 0.2) is 78.3 Å². The highest BCUT2D eigenvalue weighted by atomic mass is 32.1. The van der Waals surface area contributed by atoms with Gasteiger partial charge in [-0.2, -0.15) is 0 Å². The molecular formula is C65H105N3O3S. The largest absolute Gasteiger partial charge is 0.444 e. The number of anilines is 1. The lowest BCUT2D eigenvalue weighted by molar-refractivity contribution is 0.0500. The van der Waals surface area contributed by atoms with E-state index >= 15 is 0 Å². The Morgan fingerprint density at radius 2 is 1.39 bits per heavy atom. The summed E-state index contributed by atoms with van der Waals surface area (Å²) in [4.78, 5) is 30.0. The first-order chi connectivity index (χ1) is 34.1. The van der Waals surface area contributed by atoms with Gasteiger partial charge in [0, 0.05) is 17.2 Å². The van der Waals surface area contributed by atoms with E-state index in [4.69, 9.17) is 10.5 Å². The van der Waals surface area contributed by atoms with Gasteiger partial charge in [-0.05, 0) is 150 Å². The zero-order valence-electron chi connectivity index (χ0n) is 49.0. The number of aryl methyl sites for hydroxylation is 3. The molecule has 5 unspecified atom stereocenters. The zero-order chi connectivity index (χ0) is 54.4. The normalized spacial score (nSPS) is 14.2. The average Bonchev–Trinajstić information content (AvgIpc) is 4.02. The van der Waals surface area contributed by atoms with Gasteiger partial charge in [0.05, 0.1) is 22.1 Å². The summed E-state index contributed by atoms with van der Waals surface area (Å²) in [6.45, 7) is 39.7. The number of nitrogens with zero attached hydrogens (tertiary/aromatic N) is 1. The molecule has 1 heterocycles. The van der Waals surface area contributed by atoms with Crippen molar-refractivity contribution in [3.63, 3.8) is 0 Å². The van der Waals surface area contributed by atoms with Crippen molar-refractivity contribution in [2.75, 3.05) is 5.73 Å². The molecule has 1 saturated carbocycles. The van der Waals surface area contributed by atoms with Gasteiger partial charge in [-0.3, -0.25) is 4.79 Å². The fraction of sp³-hybridized carbons (Fsp3) is 0.615. The lowest BCUT2D eigenvalue weighted by Gasteiger charge is -2.24. The highest BCUT2D eigenvalue weighted by Crippen LogP contribution is 2.32. The first-order valence-corrected chi connectivity index (χ1v) is 29.1. The summed E-state index contributed by atoms with van der Waals surface area (Å²) in [6, 6.07) is 21.2. The third-order valence-electron chi connectivity index (χ3n) is 14.3. The molecule has 5 rings (SSSR count). The summed E-state index contributed by atoms with van der Waals surface area (Å²) in [5, 5.41) is 3.02. The minimum atomic E-state index is -0.493. The number of ether oxygens (including phenoxy) is 1. The lowest BCUT2D eigenvalue weighted by atomic mass is 9.86. The quantitative estimate of drug-likeness (QED) is 0.0398. The SMILES string of the molecule is C=C(C)C(C)CC.CC1CCCC1.CCC(C)C(=O)c1c(N)cccc1C(C)CC.CCCCC(NC(=O)OC(C)(C)C)c1ccc(-c2scnc2C)cc1.CCCCCC(CCC)c1ccc(C)c(C)c1. The molecule has 3 N–H and O–H groups in total. The summed E-state index contributed by atoms with van der Waals surface area (Å²) in [5.74, 6) is 3.14. The number of carbonyl (C=O) groups excluding carboxylic acids is 2. The van der Waals surface area contributed by atoms with Crippen LogP contribution >= 0.6 is 11.3 Å². The number of thiazole rings is 1. The van der Waals surface area contributed by atoms with Crippen LogP contribution in [0.5, 0.6) is 0 Å². The van der Waals surface area contributed by atoms with Crippen LogP contribution in [-0.4, -0.2) is 22.5 Å². The highest BCUT2D eigenvalue weighted by molar-refractivity contribution is 7.13. The number of ketones is 1. The molecule has 404 valence electrons. The van der Waals surface area contributed by atoms with Crippen molar-refractivity contribution in [1.82, 2.24) is 10.3 Å². The molecule has 0 saturated heterocycles. The Balaban J connectivity index is 0.000000488. The minimum Gasteiger partial charge on any atom is -0.444 e. The summed E-state index contributed by atoms with van der Waals surface area (Å²) >= 11 is 1.65. The van der Waals surface area contributed by atoms with E-state index in [1.54, 1.807) is 16.9 Å². The van der Waals surface area contributed by atoms with Crippen LogP contribution in [0.2, 0.25) is 0 Å². The first-order valence-electron chi connectivity index (χ1n) is 28.2. The number of rotatable bonds is 20. The van der Waals surface area contributed by atoms with Gasteiger partial charge >= 0.3 is 6.09 Å². The van der Waals surface area contributed by atoms with Gasteiger partial charge in [0.15, 0.2) is 5.78 Å².